The number of benzene rings is 2. The second-order valence-electron chi connectivity index (χ2n) is 9.59. The van der Waals surface area contributed by atoms with E-state index < -0.39 is 4.87 Å². The van der Waals surface area contributed by atoms with Crippen LogP contribution in [0.4, 0.5) is 11.4 Å². The zero-order chi connectivity index (χ0) is 19.1. The Balaban J connectivity index is 1.60. The van der Waals surface area contributed by atoms with Gasteiger partial charge in [-0.25, -0.2) is 0 Å². The molecular weight excluding hydrogens is 364 g/mol. The minimum absolute atomic E-state index is 0.0253. The van der Waals surface area contributed by atoms with Gasteiger partial charge in [0.25, 0.3) is 5.91 Å². The molecular formula is C24H26N2OS. The van der Waals surface area contributed by atoms with Gasteiger partial charge < -0.3 is 10.2 Å². The van der Waals surface area contributed by atoms with Gasteiger partial charge >= 0.3 is 0 Å². The second-order valence-corrected chi connectivity index (χ2v) is 10.8. The van der Waals surface area contributed by atoms with Gasteiger partial charge in [0.15, 0.2) is 4.87 Å². The molecule has 6 rings (SSSR count). The maximum atomic E-state index is 14.2. The van der Waals surface area contributed by atoms with Crippen LogP contribution in [0.3, 0.4) is 0 Å². The van der Waals surface area contributed by atoms with Crippen molar-refractivity contribution < 1.29 is 4.79 Å². The van der Waals surface area contributed by atoms with E-state index in [2.05, 4.69) is 60.5 Å². The number of nitrogens with one attached hydrogen (secondary N) is 1. The molecule has 1 unspecified atom stereocenters. The fourth-order valence-electron chi connectivity index (χ4n) is 6.31. The van der Waals surface area contributed by atoms with Crippen LogP contribution >= 0.6 is 11.8 Å². The highest BCUT2D eigenvalue weighted by atomic mass is 32.2. The summed E-state index contributed by atoms with van der Waals surface area (Å²) in [6.07, 6.45) is 7.07. The van der Waals surface area contributed by atoms with Crippen molar-refractivity contribution in [1.29, 1.82) is 0 Å². The third-order valence-electron chi connectivity index (χ3n) is 7.36. The molecule has 144 valence electrons. The van der Waals surface area contributed by atoms with E-state index in [1.807, 2.05) is 6.07 Å². The van der Waals surface area contributed by atoms with Crippen molar-refractivity contribution in [3.8, 4) is 0 Å². The number of hydrogen-bond acceptors (Lipinski definition) is 3. The van der Waals surface area contributed by atoms with Crippen molar-refractivity contribution in [2.45, 2.75) is 73.1 Å². The first kappa shape index (κ1) is 17.0. The number of para-hydroxylation sites is 2. The fourth-order valence-corrected chi connectivity index (χ4v) is 7.63. The van der Waals surface area contributed by atoms with Gasteiger partial charge in [-0.2, -0.15) is 0 Å². The number of thioether (sulfide) groups is 1. The SMILES string of the molecule is CC1(C)CC2(CCCCC2)N2C(=O)C3(Nc4ccccc4S3)c3cccc1c32. The molecule has 0 radical (unpaired) electrons. The van der Waals surface area contributed by atoms with Crippen LogP contribution in [0.25, 0.3) is 0 Å². The number of carbonyl (C=O) groups excluding carboxylic acids is 1. The van der Waals surface area contributed by atoms with Crippen molar-refractivity contribution >= 4 is 29.0 Å². The molecule has 1 amide bonds. The number of amides is 1. The molecule has 2 spiro atoms. The molecule has 1 saturated carbocycles. The molecule has 3 nitrogen and oxygen atoms in total. The minimum Gasteiger partial charge on any atom is -0.358 e. The average molecular weight is 391 g/mol. The first-order valence-electron chi connectivity index (χ1n) is 10.5. The average Bonchev–Trinajstić information content (AvgIpc) is 3.18. The van der Waals surface area contributed by atoms with Crippen LogP contribution in [0.1, 0.15) is 63.5 Å². The fraction of sp³-hybridized carbons (Fsp3) is 0.458. The summed E-state index contributed by atoms with van der Waals surface area (Å²) < 4.78 is 0. The number of carbonyl (C=O) groups is 1. The molecule has 4 aliphatic rings. The summed E-state index contributed by atoms with van der Waals surface area (Å²) in [7, 11) is 0. The Labute approximate surface area is 170 Å². The molecule has 2 aromatic rings. The number of hydrogen-bond donors (Lipinski definition) is 1. The predicted molar refractivity (Wildman–Crippen MR) is 115 cm³/mol. The topological polar surface area (TPSA) is 32.3 Å². The largest absolute Gasteiger partial charge is 0.358 e. The molecule has 1 fully saturated rings. The highest BCUT2D eigenvalue weighted by molar-refractivity contribution is 8.01. The van der Waals surface area contributed by atoms with Crippen molar-refractivity contribution in [2.24, 2.45) is 0 Å². The van der Waals surface area contributed by atoms with Gasteiger partial charge in [0, 0.05) is 21.7 Å². The Morgan fingerprint density at radius 2 is 1.71 bits per heavy atom. The van der Waals surface area contributed by atoms with Gasteiger partial charge in [-0.3, -0.25) is 4.79 Å². The molecule has 3 aliphatic heterocycles. The van der Waals surface area contributed by atoms with Crippen LogP contribution in [0.5, 0.6) is 0 Å². The summed E-state index contributed by atoms with van der Waals surface area (Å²) in [6.45, 7) is 4.74. The Hall–Kier alpha value is -1.94. The van der Waals surface area contributed by atoms with Crippen molar-refractivity contribution in [2.75, 3.05) is 10.2 Å². The Morgan fingerprint density at radius 1 is 0.964 bits per heavy atom. The van der Waals surface area contributed by atoms with E-state index in [1.165, 1.54) is 35.4 Å². The van der Waals surface area contributed by atoms with Gasteiger partial charge in [0.05, 0.1) is 5.69 Å². The molecule has 28 heavy (non-hydrogen) atoms. The molecule has 0 aromatic heterocycles. The molecule has 0 saturated heterocycles. The third-order valence-corrected chi connectivity index (χ3v) is 8.74. The Morgan fingerprint density at radius 3 is 2.50 bits per heavy atom. The van der Waals surface area contributed by atoms with Crippen LogP contribution in [0.2, 0.25) is 0 Å². The zero-order valence-electron chi connectivity index (χ0n) is 16.5. The van der Waals surface area contributed by atoms with Crippen LogP contribution in [-0.2, 0) is 15.1 Å². The van der Waals surface area contributed by atoms with Crippen LogP contribution in [-0.4, -0.2) is 11.4 Å². The van der Waals surface area contributed by atoms with Crippen LogP contribution in [0.15, 0.2) is 47.4 Å². The standard InChI is InChI=1S/C24H26N2OS/c1-22(2)15-23(13-6-3-7-14-23)26-20-16(22)9-8-10-17(20)24(21(26)27)25-18-11-4-5-12-19(18)28-24/h4-5,8-12,25H,3,6-7,13-15H2,1-2H3. The van der Waals surface area contributed by atoms with Crippen molar-refractivity contribution in [1.82, 2.24) is 0 Å². The number of rotatable bonds is 0. The number of anilines is 2. The first-order valence-corrected chi connectivity index (χ1v) is 11.3. The van der Waals surface area contributed by atoms with Crippen LogP contribution in [0, 0.1) is 0 Å². The van der Waals surface area contributed by atoms with Crippen molar-refractivity contribution in [3.63, 3.8) is 0 Å². The van der Waals surface area contributed by atoms with E-state index in [4.69, 9.17) is 0 Å². The van der Waals surface area contributed by atoms with Gasteiger partial charge in [-0.05, 0) is 42.4 Å². The first-order chi connectivity index (χ1) is 13.5. The lowest BCUT2D eigenvalue weighted by molar-refractivity contribution is -0.121. The molecule has 2 aromatic carbocycles. The molecule has 1 atom stereocenters. The molecule has 4 heteroatoms. The lowest BCUT2D eigenvalue weighted by Crippen LogP contribution is -2.59. The predicted octanol–water partition coefficient (Wildman–Crippen LogP) is 5.79. The third kappa shape index (κ3) is 1.95. The van der Waals surface area contributed by atoms with E-state index in [1.54, 1.807) is 11.8 Å². The molecule has 3 heterocycles. The van der Waals surface area contributed by atoms with Crippen molar-refractivity contribution in [3.05, 3.63) is 53.6 Å². The monoisotopic (exact) mass is 390 g/mol. The summed E-state index contributed by atoms with van der Waals surface area (Å²) in [5, 5.41) is 3.66. The summed E-state index contributed by atoms with van der Waals surface area (Å²) in [4.78, 5) is 16.9. The van der Waals surface area contributed by atoms with E-state index in [9.17, 15) is 4.79 Å². The van der Waals surface area contributed by atoms with Crippen LogP contribution < -0.4 is 10.2 Å². The highest BCUT2D eigenvalue weighted by Gasteiger charge is 2.63. The summed E-state index contributed by atoms with van der Waals surface area (Å²) in [6, 6.07) is 14.9. The number of nitrogens with zero attached hydrogens (tertiary/aromatic N) is 1. The van der Waals surface area contributed by atoms with E-state index in [0.29, 0.717) is 0 Å². The molecule has 1 N–H and O–H groups in total. The summed E-state index contributed by atoms with van der Waals surface area (Å²) in [5.41, 5.74) is 4.84. The highest BCUT2D eigenvalue weighted by Crippen LogP contribution is 2.64. The smallest absolute Gasteiger partial charge is 0.268 e. The normalized spacial score (nSPS) is 28.4. The Bertz CT molecular complexity index is 980. The molecule has 1 aliphatic carbocycles. The van der Waals surface area contributed by atoms with Gasteiger partial charge in [0.2, 0.25) is 0 Å². The lowest BCUT2D eigenvalue weighted by Gasteiger charge is -2.53. The molecule has 0 bridgehead atoms. The lowest BCUT2D eigenvalue weighted by atomic mass is 9.64. The second kappa shape index (κ2) is 5.35. The summed E-state index contributed by atoms with van der Waals surface area (Å²) >= 11 is 1.70. The van der Waals surface area contributed by atoms with Gasteiger partial charge in [-0.1, -0.05) is 75.2 Å². The zero-order valence-corrected chi connectivity index (χ0v) is 17.4. The van der Waals surface area contributed by atoms with E-state index >= 15 is 0 Å². The quantitative estimate of drug-likeness (QED) is 0.618. The van der Waals surface area contributed by atoms with E-state index in [-0.39, 0.29) is 16.9 Å². The Kier molecular flexibility index (Phi) is 3.24. The van der Waals surface area contributed by atoms with Gasteiger partial charge in [-0.15, -0.1) is 0 Å². The maximum Gasteiger partial charge on any atom is 0.268 e. The maximum absolute atomic E-state index is 14.2. The summed E-state index contributed by atoms with van der Waals surface area (Å²) in [5.74, 6) is 0.244. The minimum atomic E-state index is -0.708. The van der Waals surface area contributed by atoms with Gasteiger partial charge in [0.1, 0.15) is 0 Å². The van der Waals surface area contributed by atoms with E-state index in [0.717, 1.165) is 30.5 Å². The number of fused-ring (bicyclic) bond motifs is 3.